The van der Waals surface area contributed by atoms with Crippen molar-refractivity contribution >= 4 is 23.8 Å². The molecule has 0 amide bonds. The molecule has 92 valence electrons. The highest BCUT2D eigenvalue weighted by atomic mass is 35.5. The smallest absolute Gasteiger partial charge is 0.305 e. The number of oxime groups is 1. The van der Waals surface area contributed by atoms with Crippen LogP contribution in [0.25, 0.3) is 0 Å². The van der Waals surface area contributed by atoms with E-state index < -0.39 is 0 Å². The Morgan fingerprint density at radius 1 is 1.47 bits per heavy atom. The number of esters is 1. The highest BCUT2D eigenvalue weighted by molar-refractivity contribution is 6.33. The molecule has 0 bridgehead atoms. The van der Waals surface area contributed by atoms with E-state index in [0.717, 1.165) is 5.56 Å². The van der Waals surface area contributed by atoms with Crippen molar-refractivity contribution < 1.29 is 14.4 Å². The normalized spacial score (nSPS) is 10.5. The first-order chi connectivity index (χ1) is 8.24. The number of ether oxygens (including phenoxy) is 1. The number of benzene rings is 1. The zero-order valence-electron chi connectivity index (χ0n) is 9.56. The molecule has 0 aliphatic carbocycles. The van der Waals surface area contributed by atoms with Gasteiger partial charge >= 0.3 is 5.97 Å². The molecule has 17 heavy (non-hydrogen) atoms. The van der Waals surface area contributed by atoms with Crippen molar-refractivity contribution in [2.45, 2.75) is 12.8 Å². The topological polar surface area (TPSA) is 47.9 Å². The van der Waals surface area contributed by atoms with E-state index in [4.69, 9.17) is 16.4 Å². The maximum absolute atomic E-state index is 10.8. The summed E-state index contributed by atoms with van der Waals surface area (Å²) in [6.07, 6.45) is 2.45. The predicted octanol–water partition coefficient (Wildman–Crippen LogP) is 2.64. The van der Waals surface area contributed by atoms with E-state index in [1.165, 1.54) is 7.11 Å². The average Bonchev–Trinajstić information content (AvgIpc) is 2.35. The van der Waals surface area contributed by atoms with Gasteiger partial charge in [-0.05, 0) is 12.5 Å². The van der Waals surface area contributed by atoms with E-state index in [-0.39, 0.29) is 5.97 Å². The van der Waals surface area contributed by atoms with Gasteiger partial charge in [-0.3, -0.25) is 4.79 Å². The van der Waals surface area contributed by atoms with Crippen molar-refractivity contribution in [3.05, 3.63) is 34.9 Å². The number of nitrogens with zero attached hydrogens (tertiary/aromatic N) is 1. The van der Waals surface area contributed by atoms with Crippen LogP contribution in [0.1, 0.15) is 18.4 Å². The molecule has 0 atom stereocenters. The van der Waals surface area contributed by atoms with Gasteiger partial charge in [0.2, 0.25) is 0 Å². The van der Waals surface area contributed by atoms with E-state index in [2.05, 4.69) is 9.89 Å². The molecule has 0 aliphatic heterocycles. The fraction of sp³-hybridized carbons (Fsp3) is 0.333. The Hall–Kier alpha value is -1.55. The first-order valence-corrected chi connectivity index (χ1v) is 5.58. The van der Waals surface area contributed by atoms with Crippen LogP contribution in [-0.2, 0) is 14.4 Å². The summed E-state index contributed by atoms with van der Waals surface area (Å²) >= 11 is 5.92. The van der Waals surface area contributed by atoms with E-state index in [1.807, 2.05) is 18.2 Å². The van der Waals surface area contributed by atoms with Gasteiger partial charge in [0.05, 0.1) is 13.3 Å². The molecule has 0 heterocycles. The van der Waals surface area contributed by atoms with Crippen LogP contribution < -0.4 is 0 Å². The number of carbonyl (C=O) groups excluding carboxylic acids is 1. The van der Waals surface area contributed by atoms with E-state index >= 15 is 0 Å². The second kappa shape index (κ2) is 7.68. The van der Waals surface area contributed by atoms with Crippen LogP contribution >= 0.6 is 11.6 Å². The van der Waals surface area contributed by atoms with Crippen LogP contribution in [0, 0.1) is 0 Å². The maximum atomic E-state index is 10.8. The SMILES string of the molecule is COC(=O)CCCON=Cc1ccccc1Cl. The summed E-state index contributed by atoms with van der Waals surface area (Å²) in [7, 11) is 1.36. The number of hydrogen-bond donors (Lipinski definition) is 0. The lowest BCUT2D eigenvalue weighted by molar-refractivity contribution is -0.141. The lowest BCUT2D eigenvalue weighted by Gasteiger charge is -1.99. The summed E-state index contributed by atoms with van der Waals surface area (Å²) in [5, 5.41) is 4.38. The average molecular weight is 256 g/mol. The molecule has 1 aromatic rings. The molecule has 0 aliphatic rings. The molecule has 0 spiro atoms. The standard InChI is InChI=1S/C12H14ClNO3/c1-16-12(15)7-4-8-17-14-9-10-5-2-3-6-11(10)13/h2-3,5-6,9H,4,7-8H2,1H3. The second-order valence-corrected chi connectivity index (χ2v) is 3.68. The molecule has 0 radical (unpaired) electrons. The van der Waals surface area contributed by atoms with Crippen molar-refractivity contribution in [2.75, 3.05) is 13.7 Å². The first kappa shape index (κ1) is 13.5. The van der Waals surface area contributed by atoms with Gasteiger partial charge < -0.3 is 9.57 Å². The van der Waals surface area contributed by atoms with Gasteiger partial charge in [-0.1, -0.05) is 35.0 Å². The van der Waals surface area contributed by atoms with Gasteiger partial charge in [-0.25, -0.2) is 0 Å². The van der Waals surface area contributed by atoms with E-state index in [1.54, 1.807) is 12.3 Å². The van der Waals surface area contributed by atoms with Gasteiger partial charge in [0.1, 0.15) is 6.61 Å². The van der Waals surface area contributed by atoms with Crippen molar-refractivity contribution in [1.82, 2.24) is 0 Å². The van der Waals surface area contributed by atoms with Crippen molar-refractivity contribution in [2.24, 2.45) is 5.16 Å². The van der Waals surface area contributed by atoms with Gasteiger partial charge in [0.25, 0.3) is 0 Å². The zero-order chi connectivity index (χ0) is 12.5. The maximum Gasteiger partial charge on any atom is 0.305 e. The fourth-order valence-corrected chi connectivity index (χ4v) is 1.29. The molecule has 1 aromatic carbocycles. The van der Waals surface area contributed by atoms with Crippen LogP contribution in [0.15, 0.2) is 29.4 Å². The minimum atomic E-state index is -0.247. The summed E-state index contributed by atoms with van der Waals surface area (Å²) in [4.78, 5) is 15.8. The lowest BCUT2D eigenvalue weighted by Crippen LogP contribution is -2.01. The van der Waals surface area contributed by atoms with Crippen LogP contribution in [-0.4, -0.2) is 25.9 Å². The number of halogens is 1. The number of rotatable bonds is 6. The Kier molecular flexibility index (Phi) is 6.10. The Morgan fingerprint density at radius 2 is 2.24 bits per heavy atom. The highest BCUT2D eigenvalue weighted by Gasteiger charge is 1.99. The van der Waals surface area contributed by atoms with Gasteiger partial charge in [0.15, 0.2) is 0 Å². The van der Waals surface area contributed by atoms with Crippen LogP contribution in [0.5, 0.6) is 0 Å². The molecule has 4 nitrogen and oxygen atoms in total. The third-order valence-electron chi connectivity index (χ3n) is 2.02. The van der Waals surface area contributed by atoms with Gasteiger partial charge in [-0.2, -0.15) is 0 Å². The van der Waals surface area contributed by atoms with Gasteiger partial charge in [-0.15, -0.1) is 0 Å². The minimum absolute atomic E-state index is 0.247. The predicted molar refractivity (Wildman–Crippen MR) is 66.2 cm³/mol. The summed E-state index contributed by atoms with van der Waals surface area (Å²) in [5.41, 5.74) is 0.794. The minimum Gasteiger partial charge on any atom is -0.469 e. The van der Waals surface area contributed by atoms with Crippen LogP contribution in [0.4, 0.5) is 0 Å². The molecule has 1 rings (SSSR count). The van der Waals surface area contributed by atoms with Crippen molar-refractivity contribution in [3.63, 3.8) is 0 Å². The molecular weight excluding hydrogens is 242 g/mol. The summed E-state index contributed by atoms with van der Waals surface area (Å²) in [5.74, 6) is -0.247. The Morgan fingerprint density at radius 3 is 2.94 bits per heavy atom. The largest absolute Gasteiger partial charge is 0.469 e. The number of methoxy groups -OCH3 is 1. The van der Waals surface area contributed by atoms with Gasteiger partial charge in [0, 0.05) is 17.0 Å². The van der Waals surface area contributed by atoms with Crippen molar-refractivity contribution in [3.8, 4) is 0 Å². The first-order valence-electron chi connectivity index (χ1n) is 5.20. The third-order valence-corrected chi connectivity index (χ3v) is 2.36. The Balaban J connectivity index is 2.23. The summed E-state index contributed by atoms with van der Waals surface area (Å²) in [6.45, 7) is 0.371. The Labute approximate surface area is 105 Å². The summed E-state index contributed by atoms with van der Waals surface area (Å²) in [6, 6.07) is 7.32. The molecule has 0 saturated carbocycles. The highest BCUT2D eigenvalue weighted by Crippen LogP contribution is 2.12. The second-order valence-electron chi connectivity index (χ2n) is 3.27. The Bertz CT molecular complexity index is 393. The molecule has 5 heteroatoms. The lowest BCUT2D eigenvalue weighted by atomic mass is 10.2. The van der Waals surface area contributed by atoms with Crippen LogP contribution in [0.3, 0.4) is 0 Å². The quantitative estimate of drug-likeness (QED) is 0.340. The number of carbonyl (C=O) groups is 1. The monoisotopic (exact) mass is 255 g/mol. The zero-order valence-corrected chi connectivity index (χ0v) is 10.3. The van der Waals surface area contributed by atoms with Crippen molar-refractivity contribution in [1.29, 1.82) is 0 Å². The molecule has 0 fully saturated rings. The van der Waals surface area contributed by atoms with E-state index in [9.17, 15) is 4.79 Å². The molecule has 0 aromatic heterocycles. The third kappa shape index (κ3) is 5.36. The van der Waals surface area contributed by atoms with E-state index in [0.29, 0.717) is 24.5 Å². The van der Waals surface area contributed by atoms with Crippen LogP contribution in [0.2, 0.25) is 5.02 Å². The molecular formula is C12H14ClNO3. The molecule has 0 unspecified atom stereocenters. The number of hydrogen-bond acceptors (Lipinski definition) is 4. The fourth-order valence-electron chi connectivity index (χ4n) is 1.11. The summed E-state index contributed by atoms with van der Waals surface area (Å²) < 4.78 is 4.49. The molecule has 0 saturated heterocycles. The molecule has 0 N–H and O–H groups in total.